The first kappa shape index (κ1) is 28.8. The minimum absolute atomic E-state index is 0. The summed E-state index contributed by atoms with van der Waals surface area (Å²) < 4.78 is 29.5. The number of fused-ring (bicyclic) bond motifs is 1. The lowest BCUT2D eigenvalue weighted by Crippen LogP contribution is -2.45. The van der Waals surface area contributed by atoms with Crippen LogP contribution in [0.1, 0.15) is 33.5 Å². The van der Waals surface area contributed by atoms with Crippen LogP contribution >= 0.6 is 12.4 Å². The van der Waals surface area contributed by atoms with Gasteiger partial charge in [-0.3, -0.25) is 0 Å². The monoisotopic (exact) mass is 572 g/mol. The summed E-state index contributed by atoms with van der Waals surface area (Å²) in [4.78, 5) is 6.81. The first-order valence-corrected chi connectivity index (χ1v) is 14.5. The number of nitriles is 2. The smallest absolute Gasteiger partial charge is 0.211 e. The van der Waals surface area contributed by atoms with Crippen LogP contribution in [0.5, 0.6) is 0 Å². The van der Waals surface area contributed by atoms with Gasteiger partial charge in [-0.05, 0) is 53.4 Å². The van der Waals surface area contributed by atoms with Crippen molar-refractivity contribution in [3.63, 3.8) is 0 Å². The maximum absolute atomic E-state index is 13.0. The summed E-state index contributed by atoms with van der Waals surface area (Å²) in [5.74, 6) is 0. The number of halogens is 1. The van der Waals surface area contributed by atoms with Gasteiger partial charge in [-0.25, -0.2) is 13.4 Å². The number of anilines is 1. The lowest BCUT2D eigenvalue weighted by Gasteiger charge is -2.31. The summed E-state index contributed by atoms with van der Waals surface area (Å²) in [5.41, 5.74) is 5.80. The highest BCUT2D eigenvalue weighted by atomic mass is 35.5. The third kappa shape index (κ3) is 6.70. The van der Waals surface area contributed by atoms with Crippen molar-refractivity contribution >= 4 is 28.1 Å². The molecule has 8 nitrogen and oxygen atoms in total. The topological polar surface area (TPSA) is 106 Å². The predicted molar refractivity (Wildman–Crippen MR) is 156 cm³/mol. The third-order valence-electron chi connectivity index (χ3n) is 6.94. The third-order valence-corrected chi connectivity index (χ3v) is 8.22. The molecule has 0 spiro atoms. The van der Waals surface area contributed by atoms with E-state index in [4.69, 9.17) is 5.26 Å². The van der Waals surface area contributed by atoms with Gasteiger partial charge in [0, 0.05) is 37.6 Å². The van der Waals surface area contributed by atoms with E-state index in [0.29, 0.717) is 37.2 Å². The van der Waals surface area contributed by atoms with Crippen molar-refractivity contribution in [3.05, 3.63) is 119 Å². The van der Waals surface area contributed by atoms with Gasteiger partial charge < -0.3 is 9.47 Å². The van der Waals surface area contributed by atoms with Gasteiger partial charge in [0.05, 0.1) is 48.1 Å². The minimum Gasteiger partial charge on any atom is -0.364 e. The highest BCUT2D eigenvalue weighted by molar-refractivity contribution is 7.88. The molecule has 1 aliphatic rings. The van der Waals surface area contributed by atoms with Crippen LogP contribution in [0.15, 0.2) is 85.3 Å². The first-order chi connectivity index (χ1) is 18.8. The van der Waals surface area contributed by atoms with Gasteiger partial charge in [-0.1, -0.05) is 42.5 Å². The van der Waals surface area contributed by atoms with Crippen LogP contribution in [-0.4, -0.2) is 41.1 Å². The molecule has 0 fully saturated rings. The Balaban J connectivity index is 0.00000370. The number of nitrogens with zero attached hydrogens (tertiary/aromatic N) is 6. The minimum atomic E-state index is -3.53. The van der Waals surface area contributed by atoms with Gasteiger partial charge >= 0.3 is 0 Å². The number of hydrogen-bond acceptors (Lipinski definition) is 6. The van der Waals surface area contributed by atoms with Crippen LogP contribution in [-0.2, 0) is 36.1 Å². The average molecular weight is 573 g/mol. The summed E-state index contributed by atoms with van der Waals surface area (Å²) in [5, 5.41) is 18.5. The summed E-state index contributed by atoms with van der Waals surface area (Å²) in [6.07, 6.45) is 5.60. The lowest BCUT2D eigenvalue weighted by atomic mass is 10.1. The number of sulfonamides is 1. The van der Waals surface area contributed by atoms with Crippen molar-refractivity contribution < 1.29 is 8.42 Å². The Kier molecular flexibility index (Phi) is 8.91. The molecule has 0 unspecified atom stereocenters. The zero-order valence-electron chi connectivity index (χ0n) is 22.0. The van der Waals surface area contributed by atoms with E-state index in [9.17, 15) is 13.7 Å². The molecule has 2 heterocycles. The maximum Gasteiger partial charge on any atom is 0.211 e. The Bertz CT molecular complexity index is 1660. The van der Waals surface area contributed by atoms with E-state index in [1.165, 1.54) is 6.26 Å². The number of hydrogen-bond donors (Lipinski definition) is 0. The number of imidazole rings is 1. The Morgan fingerprint density at radius 2 is 1.62 bits per heavy atom. The van der Waals surface area contributed by atoms with Gasteiger partial charge in [0.25, 0.3) is 0 Å². The van der Waals surface area contributed by atoms with Crippen LogP contribution < -0.4 is 4.90 Å². The largest absolute Gasteiger partial charge is 0.364 e. The zero-order valence-corrected chi connectivity index (χ0v) is 23.6. The van der Waals surface area contributed by atoms with Crippen molar-refractivity contribution in [1.29, 1.82) is 10.5 Å². The highest BCUT2D eigenvalue weighted by Gasteiger charge is 2.33. The molecule has 3 aromatic carbocycles. The summed E-state index contributed by atoms with van der Waals surface area (Å²) in [7, 11) is -3.53. The average Bonchev–Trinajstić information content (AvgIpc) is 3.31. The van der Waals surface area contributed by atoms with Gasteiger partial charge in [-0.15, -0.1) is 12.4 Å². The number of rotatable bonds is 7. The van der Waals surface area contributed by atoms with Gasteiger partial charge in [0.1, 0.15) is 0 Å². The molecule has 1 aliphatic heterocycles. The van der Waals surface area contributed by atoms with Crippen molar-refractivity contribution in [3.8, 4) is 12.1 Å². The molecule has 1 atom stereocenters. The Morgan fingerprint density at radius 1 is 0.925 bits per heavy atom. The molecule has 0 bridgehead atoms. The van der Waals surface area contributed by atoms with E-state index in [0.717, 1.165) is 28.1 Å². The molecular weight excluding hydrogens is 544 g/mol. The second-order valence-electron chi connectivity index (χ2n) is 9.83. The van der Waals surface area contributed by atoms with E-state index in [2.05, 4.69) is 22.0 Å². The fourth-order valence-electron chi connectivity index (χ4n) is 5.09. The fraction of sp³-hybridized carbons (Fsp3) is 0.233. The second kappa shape index (κ2) is 12.4. The molecule has 0 aliphatic carbocycles. The van der Waals surface area contributed by atoms with Crippen molar-refractivity contribution in [1.82, 2.24) is 13.9 Å². The number of aromatic nitrogens is 2. The lowest BCUT2D eigenvalue weighted by molar-refractivity contribution is 0.320. The molecule has 10 heteroatoms. The van der Waals surface area contributed by atoms with Gasteiger partial charge in [-0.2, -0.15) is 14.8 Å². The van der Waals surface area contributed by atoms with Gasteiger partial charge in [0.2, 0.25) is 10.0 Å². The fourth-order valence-corrected chi connectivity index (χ4v) is 6.14. The molecule has 40 heavy (non-hydrogen) atoms. The Labute approximate surface area is 241 Å². The molecule has 0 saturated heterocycles. The van der Waals surface area contributed by atoms with Crippen LogP contribution in [0.2, 0.25) is 0 Å². The van der Waals surface area contributed by atoms with E-state index in [1.54, 1.807) is 34.9 Å². The van der Waals surface area contributed by atoms with E-state index in [-0.39, 0.29) is 25.0 Å². The molecule has 1 aromatic heterocycles. The summed E-state index contributed by atoms with van der Waals surface area (Å²) in [6.45, 7) is 1.79. The quantitative estimate of drug-likeness (QED) is 0.323. The number of benzene rings is 3. The van der Waals surface area contributed by atoms with Crippen LogP contribution in [0.25, 0.3) is 0 Å². The summed E-state index contributed by atoms with van der Waals surface area (Å²) in [6, 6.07) is 26.9. The van der Waals surface area contributed by atoms with E-state index >= 15 is 0 Å². The zero-order chi connectivity index (χ0) is 27.4. The molecule has 0 N–H and O–H groups in total. The van der Waals surface area contributed by atoms with Crippen LogP contribution in [0.3, 0.4) is 0 Å². The van der Waals surface area contributed by atoms with Crippen LogP contribution in [0.4, 0.5) is 5.69 Å². The van der Waals surface area contributed by atoms with E-state index in [1.807, 2.05) is 59.3 Å². The highest BCUT2D eigenvalue weighted by Crippen LogP contribution is 2.32. The molecule has 5 rings (SSSR count). The second-order valence-corrected chi connectivity index (χ2v) is 11.8. The molecule has 0 radical (unpaired) electrons. The predicted octanol–water partition coefficient (Wildman–Crippen LogP) is 4.49. The van der Waals surface area contributed by atoms with Crippen LogP contribution in [0, 0.1) is 22.7 Å². The molecule has 0 amide bonds. The maximum atomic E-state index is 13.0. The van der Waals surface area contributed by atoms with E-state index < -0.39 is 10.0 Å². The van der Waals surface area contributed by atoms with Gasteiger partial charge in [0.15, 0.2) is 0 Å². The Hall–Kier alpha value is -4.15. The molecular formula is C30H29ClN6O2S. The SMILES string of the molecule is CS(=O)(=O)N1Cc2cc(C#N)ccc2N(Cc2cn(Cc3ccc(C#N)cc3)cn2)C[C@H]1Cc1ccccc1.Cl. The molecule has 204 valence electrons. The normalized spacial score (nSPS) is 15.3. The molecule has 4 aromatic rings. The summed E-state index contributed by atoms with van der Waals surface area (Å²) >= 11 is 0. The van der Waals surface area contributed by atoms with Crippen molar-refractivity contribution in [2.75, 3.05) is 17.7 Å². The molecule has 0 saturated carbocycles. The standard InChI is InChI=1S/C30H28N6O2S.ClH/c1-39(37,38)36-18-27-13-26(16-32)11-12-30(27)35(21-29(36)14-23-5-3-2-4-6-23)20-28-19-34(22-33-28)17-25-9-7-24(15-31)8-10-25;/h2-13,19,22,29H,14,17-18,20-21H2,1H3;1H/t29-;/m1./s1. The Morgan fingerprint density at radius 3 is 2.30 bits per heavy atom. The van der Waals surface area contributed by atoms with Crippen molar-refractivity contribution in [2.24, 2.45) is 0 Å². The van der Waals surface area contributed by atoms with Crippen molar-refractivity contribution in [2.45, 2.75) is 32.1 Å². The first-order valence-electron chi connectivity index (χ1n) is 12.6.